The molecule has 3 aromatic rings. The zero-order valence-electron chi connectivity index (χ0n) is 17.0. The van der Waals surface area contributed by atoms with Crippen LogP contribution in [0.4, 0.5) is 4.39 Å². The van der Waals surface area contributed by atoms with Gasteiger partial charge in [-0.2, -0.15) is 5.26 Å². The molecular weight excluding hydrogens is 401 g/mol. The molecule has 6 heteroatoms. The summed E-state index contributed by atoms with van der Waals surface area (Å²) in [5.41, 5.74) is 4.47. The van der Waals surface area contributed by atoms with Crippen LogP contribution in [0.2, 0.25) is 5.02 Å². The van der Waals surface area contributed by atoms with E-state index in [1.54, 1.807) is 12.1 Å². The lowest BCUT2D eigenvalue weighted by Crippen LogP contribution is -2.41. The van der Waals surface area contributed by atoms with Crippen LogP contribution in [-0.4, -0.2) is 16.5 Å². The summed E-state index contributed by atoms with van der Waals surface area (Å²) in [5, 5.41) is 14.0. The number of aromatic nitrogens is 1. The van der Waals surface area contributed by atoms with E-state index in [2.05, 4.69) is 16.0 Å². The van der Waals surface area contributed by atoms with Crippen LogP contribution in [-0.2, 0) is 24.2 Å². The molecule has 1 unspecified atom stereocenters. The second-order valence-electron chi connectivity index (χ2n) is 8.21. The van der Waals surface area contributed by atoms with Crippen molar-refractivity contribution in [2.75, 3.05) is 0 Å². The molecule has 30 heavy (non-hydrogen) atoms. The Hall–Kier alpha value is -2.84. The highest BCUT2D eigenvalue weighted by Gasteiger charge is 2.28. The molecule has 1 amide bonds. The number of carbonyl (C=O) groups excluding carboxylic acids is 1. The Kier molecular flexibility index (Phi) is 5.53. The Balaban J connectivity index is 1.81. The van der Waals surface area contributed by atoms with Gasteiger partial charge in [-0.3, -0.25) is 4.79 Å². The molecule has 154 valence electrons. The van der Waals surface area contributed by atoms with E-state index in [0.29, 0.717) is 23.6 Å². The van der Waals surface area contributed by atoms with Gasteiger partial charge in [0.1, 0.15) is 5.82 Å². The van der Waals surface area contributed by atoms with Crippen molar-refractivity contribution < 1.29 is 9.18 Å². The molecule has 0 aliphatic heterocycles. The summed E-state index contributed by atoms with van der Waals surface area (Å²) in [6.45, 7) is 4.26. The lowest BCUT2D eigenvalue weighted by molar-refractivity contribution is -0.124. The molecule has 0 saturated heterocycles. The smallest absolute Gasteiger partial charge is 0.222 e. The van der Waals surface area contributed by atoms with Crippen molar-refractivity contribution in [3.63, 3.8) is 0 Å². The predicted octanol–water partition coefficient (Wildman–Crippen LogP) is 4.98. The van der Waals surface area contributed by atoms with Gasteiger partial charge in [0.15, 0.2) is 0 Å². The molecular formula is C24H23ClFN3O. The summed E-state index contributed by atoms with van der Waals surface area (Å²) >= 11 is 6.61. The summed E-state index contributed by atoms with van der Waals surface area (Å²) in [7, 11) is 0. The van der Waals surface area contributed by atoms with Gasteiger partial charge >= 0.3 is 0 Å². The van der Waals surface area contributed by atoms with Crippen LogP contribution in [0, 0.1) is 23.1 Å². The van der Waals surface area contributed by atoms with E-state index >= 15 is 0 Å². The van der Waals surface area contributed by atoms with Crippen molar-refractivity contribution in [3.8, 4) is 6.07 Å². The van der Waals surface area contributed by atoms with Gasteiger partial charge in [0.25, 0.3) is 0 Å². The Morgan fingerprint density at radius 1 is 1.37 bits per heavy atom. The zero-order chi connectivity index (χ0) is 21.4. The molecule has 1 aliphatic carbocycles. The lowest BCUT2D eigenvalue weighted by Gasteiger charge is -2.26. The van der Waals surface area contributed by atoms with Crippen molar-refractivity contribution in [2.24, 2.45) is 5.92 Å². The molecule has 1 atom stereocenters. The third-order valence-electron chi connectivity index (χ3n) is 5.74. The fourth-order valence-electron chi connectivity index (χ4n) is 4.28. The summed E-state index contributed by atoms with van der Waals surface area (Å²) in [5.74, 6) is -0.296. The third kappa shape index (κ3) is 3.80. The zero-order valence-corrected chi connectivity index (χ0v) is 17.8. The van der Waals surface area contributed by atoms with Gasteiger partial charge in [-0.15, -0.1) is 0 Å². The van der Waals surface area contributed by atoms with E-state index in [1.165, 1.54) is 12.1 Å². The summed E-state index contributed by atoms with van der Waals surface area (Å²) in [6.07, 6.45) is 2.29. The van der Waals surface area contributed by atoms with E-state index in [4.69, 9.17) is 11.6 Å². The average molecular weight is 424 g/mol. The van der Waals surface area contributed by atoms with Gasteiger partial charge in [-0.25, -0.2) is 4.39 Å². The second kappa shape index (κ2) is 8.12. The van der Waals surface area contributed by atoms with E-state index in [9.17, 15) is 14.4 Å². The number of carbonyl (C=O) groups is 1. The first-order valence-corrected chi connectivity index (χ1v) is 10.5. The number of hydrogen-bond donors (Lipinski definition) is 1. The maximum atomic E-state index is 13.8. The summed E-state index contributed by atoms with van der Waals surface area (Å²) < 4.78 is 15.9. The van der Waals surface area contributed by atoms with Gasteiger partial charge in [-0.1, -0.05) is 37.6 Å². The molecule has 1 heterocycles. The standard InChI is InChI=1S/C24H23ClFN3O/c1-14(2)24(30)28-18-6-7-22-19(11-18)20-9-16(12-27)10-21(25)23(20)29(22)13-15-4-3-5-17(26)8-15/h3-5,8-10,14,18H,6-7,11,13H2,1-2H3,(H,28,30). The number of halogens is 2. The van der Waals surface area contributed by atoms with E-state index in [0.717, 1.165) is 40.6 Å². The van der Waals surface area contributed by atoms with Gasteiger partial charge in [0.05, 0.1) is 22.2 Å². The normalized spacial score (nSPS) is 15.8. The van der Waals surface area contributed by atoms with Crippen molar-refractivity contribution in [3.05, 3.63) is 69.6 Å². The third-order valence-corrected chi connectivity index (χ3v) is 6.03. The highest BCUT2D eigenvalue weighted by atomic mass is 35.5. The molecule has 0 bridgehead atoms. The van der Waals surface area contributed by atoms with Crippen LogP contribution in [0.5, 0.6) is 0 Å². The first kappa shape index (κ1) is 20.4. The molecule has 4 nitrogen and oxygen atoms in total. The Morgan fingerprint density at radius 2 is 2.17 bits per heavy atom. The van der Waals surface area contributed by atoms with Crippen molar-refractivity contribution in [1.82, 2.24) is 9.88 Å². The number of nitrogens with zero attached hydrogens (tertiary/aromatic N) is 2. The molecule has 1 aromatic heterocycles. The van der Waals surface area contributed by atoms with Gasteiger partial charge in [0.2, 0.25) is 5.91 Å². The largest absolute Gasteiger partial charge is 0.353 e. The number of nitrogens with one attached hydrogen (secondary N) is 1. The molecule has 0 spiro atoms. The maximum absolute atomic E-state index is 13.8. The number of hydrogen-bond acceptors (Lipinski definition) is 2. The number of rotatable bonds is 4. The van der Waals surface area contributed by atoms with E-state index in [1.807, 2.05) is 26.0 Å². The molecule has 0 saturated carbocycles. The minimum atomic E-state index is -0.271. The number of fused-ring (bicyclic) bond motifs is 3. The monoisotopic (exact) mass is 423 g/mol. The van der Waals surface area contributed by atoms with Crippen molar-refractivity contribution >= 4 is 28.4 Å². The fraction of sp³-hybridized carbons (Fsp3) is 0.333. The van der Waals surface area contributed by atoms with Crippen LogP contribution in [0.25, 0.3) is 10.9 Å². The predicted molar refractivity (Wildman–Crippen MR) is 116 cm³/mol. The lowest BCUT2D eigenvalue weighted by atomic mass is 9.90. The number of nitriles is 1. The maximum Gasteiger partial charge on any atom is 0.222 e. The van der Waals surface area contributed by atoms with E-state index in [-0.39, 0.29) is 23.7 Å². The number of benzene rings is 2. The highest BCUT2D eigenvalue weighted by Crippen LogP contribution is 2.37. The topological polar surface area (TPSA) is 57.8 Å². The quantitative estimate of drug-likeness (QED) is 0.643. The second-order valence-corrected chi connectivity index (χ2v) is 8.62. The molecule has 4 rings (SSSR count). The Bertz CT molecular complexity index is 1180. The highest BCUT2D eigenvalue weighted by molar-refractivity contribution is 6.35. The van der Waals surface area contributed by atoms with Crippen LogP contribution in [0.15, 0.2) is 36.4 Å². The number of amides is 1. The molecule has 1 aliphatic rings. The van der Waals surface area contributed by atoms with Gasteiger partial charge < -0.3 is 9.88 Å². The van der Waals surface area contributed by atoms with Gasteiger partial charge in [0, 0.05) is 29.6 Å². The molecule has 1 N–H and O–H groups in total. The minimum Gasteiger partial charge on any atom is -0.353 e. The van der Waals surface area contributed by atoms with Gasteiger partial charge in [-0.05, 0) is 54.7 Å². The first-order chi connectivity index (χ1) is 14.4. The van der Waals surface area contributed by atoms with Crippen LogP contribution in [0.1, 0.15) is 42.7 Å². The van der Waals surface area contributed by atoms with Crippen molar-refractivity contribution in [1.29, 1.82) is 5.26 Å². The Morgan fingerprint density at radius 3 is 2.87 bits per heavy atom. The average Bonchev–Trinajstić information content (AvgIpc) is 3.01. The van der Waals surface area contributed by atoms with Crippen LogP contribution in [0.3, 0.4) is 0 Å². The fourth-order valence-corrected chi connectivity index (χ4v) is 4.60. The molecule has 2 aromatic carbocycles. The SMILES string of the molecule is CC(C)C(=O)NC1CCc2c(c3cc(C#N)cc(Cl)c3n2Cc2cccc(F)c2)C1. The van der Waals surface area contributed by atoms with Crippen LogP contribution >= 0.6 is 11.6 Å². The summed E-state index contributed by atoms with van der Waals surface area (Å²) in [6, 6.07) is 12.3. The minimum absolute atomic E-state index is 0.0442. The van der Waals surface area contributed by atoms with E-state index < -0.39 is 0 Å². The van der Waals surface area contributed by atoms with Crippen LogP contribution < -0.4 is 5.32 Å². The Labute approximate surface area is 180 Å². The van der Waals surface area contributed by atoms with Crippen molar-refractivity contribution in [2.45, 2.75) is 45.7 Å². The molecule has 0 radical (unpaired) electrons. The summed E-state index contributed by atoms with van der Waals surface area (Å²) in [4.78, 5) is 12.2. The first-order valence-electron chi connectivity index (χ1n) is 10.2. The molecule has 0 fully saturated rings.